The lowest BCUT2D eigenvalue weighted by atomic mass is 10.0. The van der Waals surface area contributed by atoms with Crippen molar-refractivity contribution in [1.29, 1.82) is 0 Å². The summed E-state index contributed by atoms with van der Waals surface area (Å²) in [5.41, 5.74) is -0.476. The van der Waals surface area contributed by atoms with Gasteiger partial charge in [0.25, 0.3) is 0 Å². The summed E-state index contributed by atoms with van der Waals surface area (Å²) in [4.78, 5) is 12.2. The Morgan fingerprint density at radius 1 is 1.00 bits per heavy atom. The third-order valence-electron chi connectivity index (χ3n) is 2.64. The zero-order valence-corrected chi connectivity index (χ0v) is 13.6. The number of hydrogen-bond donors (Lipinski definition) is 0. The molecule has 104 valence electrons. The number of carbonyl (C=O) groups excluding carboxylic acids is 1. The van der Waals surface area contributed by atoms with E-state index >= 15 is 0 Å². The zero-order valence-electron chi connectivity index (χ0n) is 9.84. The van der Waals surface area contributed by atoms with Crippen LogP contribution < -0.4 is 0 Å². The van der Waals surface area contributed by atoms with Crippen molar-refractivity contribution in [3.63, 3.8) is 0 Å². The molecule has 0 amide bonds. The molecule has 0 aliphatic rings. The van der Waals surface area contributed by atoms with Crippen LogP contribution >= 0.6 is 38.5 Å². The molecule has 0 saturated carbocycles. The highest BCUT2D eigenvalue weighted by Crippen LogP contribution is 2.35. The van der Waals surface area contributed by atoms with Gasteiger partial charge in [0.05, 0.1) is 5.56 Å². The summed E-state index contributed by atoms with van der Waals surface area (Å²) >= 11 is 4.94. The number of benzene rings is 2. The molecule has 0 aliphatic heterocycles. The maximum Gasteiger partial charge on any atom is 0.417 e. The lowest BCUT2D eigenvalue weighted by molar-refractivity contribution is -0.138. The molecule has 0 radical (unpaired) electrons. The third-order valence-corrected chi connectivity index (χ3v) is 4.05. The van der Waals surface area contributed by atoms with Gasteiger partial charge in [-0.15, -0.1) is 0 Å². The van der Waals surface area contributed by atoms with E-state index in [2.05, 4.69) is 38.5 Å². The fourth-order valence-electron chi connectivity index (χ4n) is 1.65. The van der Waals surface area contributed by atoms with Crippen molar-refractivity contribution in [3.05, 3.63) is 67.2 Å². The van der Waals surface area contributed by atoms with Gasteiger partial charge in [0, 0.05) is 19.2 Å². The van der Waals surface area contributed by atoms with Gasteiger partial charge in [-0.25, -0.2) is 0 Å². The number of halogens is 5. The predicted molar refractivity (Wildman–Crippen MR) is 81.7 cm³/mol. The number of alkyl halides is 3. The molecule has 1 nitrogen and oxygen atoms in total. The van der Waals surface area contributed by atoms with Crippen LogP contribution in [0.15, 0.2) is 46.9 Å². The number of hydrogen-bond acceptors (Lipinski definition) is 1. The van der Waals surface area contributed by atoms with Gasteiger partial charge in [-0.1, -0.05) is 15.9 Å². The van der Waals surface area contributed by atoms with Crippen molar-refractivity contribution in [2.75, 3.05) is 0 Å². The molecule has 2 aromatic carbocycles. The first kappa shape index (κ1) is 15.5. The molecule has 0 bridgehead atoms. The minimum absolute atomic E-state index is 0.0155. The Morgan fingerprint density at radius 3 is 2.10 bits per heavy atom. The maximum atomic E-state index is 12.8. The molecular weight excluding hydrogens is 448 g/mol. The van der Waals surface area contributed by atoms with Gasteiger partial charge in [0.15, 0.2) is 5.78 Å². The average molecular weight is 455 g/mol. The maximum absolute atomic E-state index is 12.8. The van der Waals surface area contributed by atoms with Gasteiger partial charge in [0.1, 0.15) is 0 Å². The van der Waals surface area contributed by atoms with E-state index in [1.807, 2.05) is 0 Å². The number of rotatable bonds is 2. The van der Waals surface area contributed by atoms with E-state index in [0.29, 0.717) is 5.56 Å². The lowest BCUT2D eigenvalue weighted by Crippen LogP contribution is -2.09. The van der Waals surface area contributed by atoms with Crippen LogP contribution in [0.25, 0.3) is 0 Å². The second-order valence-electron chi connectivity index (χ2n) is 4.03. The molecule has 0 saturated heterocycles. The summed E-state index contributed by atoms with van der Waals surface area (Å²) < 4.78 is 39.3. The van der Waals surface area contributed by atoms with Crippen LogP contribution in [0.2, 0.25) is 0 Å². The van der Waals surface area contributed by atoms with Gasteiger partial charge in [0.2, 0.25) is 0 Å². The SMILES string of the molecule is O=C(c1ccc(I)cc1)c1ccc(Br)c(C(F)(F)F)c1. The molecule has 6 heteroatoms. The lowest BCUT2D eigenvalue weighted by Gasteiger charge is -2.10. The fourth-order valence-corrected chi connectivity index (χ4v) is 2.48. The van der Waals surface area contributed by atoms with Crippen molar-refractivity contribution in [3.8, 4) is 0 Å². The summed E-state index contributed by atoms with van der Waals surface area (Å²) in [6, 6.07) is 10.1. The van der Waals surface area contributed by atoms with Crippen molar-refractivity contribution >= 4 is 44.3 Å². The highest BCUT2D eigenvalue weighted by Gasteiger charge is 2.33. The highest BCUT2D eigenvalue weighted by molar-refractivity contribution is 14.1. The van der Waals surface area contributed by atoms with Crippen LogP contribution in [-0.2, 0) is 6.18 Å². The molecule has 0 aromatic heterocycles. The Balaban J connectivity index is 2.43. The first-order chi connectivity index (χ1) is 9.29. The monoisotopic (exact) mass is 454 g/mol. The molecule has 2 aromatic rings. The number of ketones is 1. The molecule has 2 rings (SSSR count). The average Bonchev–Trinajstić information content (AvgIpc) is 2.38. The van der Waals surface area contributed by atoms with E-state index in [0.717, 1.165) is 9.64 Å². The third kappa shape index (κ3) is 3.41. The van der Waals surface area contributed by atoms with Crippen LogP contribution in [0.1, 0.15) is 21.5 Å². The standard InChI is InChI=1S/C14H7BrF3IO/c15-12-6-3-9(7-11(12)14(16,17)18)13(20)8-1-4-10(19)5-2-8/h1-7H. The van der Waals surface area contributed by atoms with E-state index in [9.17, 15) is 18.0 Å². The normalized spacial score (nSPS) is 11.4. The zero-order chi connectivity index (χ0) is 14.9. The van der Waals surface area contributed by atoms with E-state index in [-0.39, 0.29) is 10.0 Å². The molecular formula is C14H7BrF3IO. The molecule has 0 heterocycles. The second kappa shape index (κ2) is 5.85. The van der Waals surface area contributed by atoms with Gasteiger partial charge in [-0.05, 0) is 65.1 Å². The first-order valence-electron chi connectivity index (χ1n) is 5.46. The van der Waals surface area contributed by atoms with Crippen LogP contribution in [0.3, 0.4) is 0 Å². The minimum atomic E-state index is -4.50. The Kier molecular flexibility index (Phi) is 4.53. The molecule has 20 heavy (non-hydrogen) atoms. The van der Waals surface area contributed by atoms with Crippen molar-refractivity contribution < 1.29 is 18.0 Å². The largest absolute Gasteiger partial charge is 0.417 e. The van der Waals surface area contributed by atoms with Crippen molar-refractivity contribution in [2.24, 2.45) is 0 Å². The van der Waals surface area contributed by atoms with E-state index in [1.165, 1.54) is 12.1 Å². The summed E-state index contributed by atoms with van der Waals surface area (Å²) in [6.07, 6.45) is -4.50. The van der Waals surface area contributed by atoms with Crippen LogP contribution in [-0.4, -0.2) is 5.78 Å². The fraction of sp³-hybridized carbons (Fsp3) is 0.0714. The Morgan fingerprint density at radius 2 is 1.55 bits per heavy atom. The topological polar surface area (TPSA) is 17.1 Å². The molecule has 0 N–H and O–H groups in total. The molecule has 0 unspecified atom stereocenters. The van der Waals surface area contributed by atoms with Gasteiger partial charge >= 0.3 is 6.18 Å². The van der Waals surface area contributed by atoms with Gasteiger partial charge < -0.3 is 0 Å². The van der Waals surface area contributed by atoms with E-state index in [4.69, 9.17) is 0 Å². The Labute approximate surface area is 135 Å². The number of carbonyl (C=O) groups is 1. The summed E-state index contributed by atoms with van der Waals surface area (Å²) in [7, 11) is 0. The van der Waals surface area contributed by atoms with Gasteiger partial charge in [-0.3, -0.25) is 4.79 Å². The van der Waals surface area contributed by atoms with Crippen molar-refractivity contribution in [2.45, 2.75) is 6.18 Å². The predicted octanol–water partition coefficient (Wildman–Crippen LogP) is 5.30. The van der Waals surface area contributed by atoms with Crippen LogP contribution in [0.5, 0.6) is 0 Å². The molecule has 0 spiro atoms. The Hall–Kier alpha value is -0.890. The smallest absolute Gasteiger partial charge is 0.289 e. The molecule has 0 fully saturated rings. The van der Waals surface area contributed by atoms with E-state index in [1.54, 1.807) is 24.3 Å². The summed E-state index contributed by atoms with van der Waals surface area (Å²) in [5.74, 6) is -0.431. The molecule has 0 aliphatic carbocycles. The molecule has 0 atom stereocenters. The summed E-state index contributed by atoms with van der Waals surface area (Å²) in [5, 5.41) is 0. The second-order valence-corrected chi connectivity index (χ2v) is 6.13. The van der Waals surface area contributed by atoms with E-state index < -0.39 is 17.5 Å². The first-order valence-corrected chi connectivity index (χ1v) is 7.33. The Bertz CT molecular complexity index is 650. The van der Waals surface area contributed by atoms with Crippen LogP contribution in [0.4, 0.5) is 13.2 Å². The van der Waals surface area contributed by atoms with Gasteiger partial charge in [-0.2, -0.15) is 13.2 Å². The summed E-state index contributed by atoms with van der Waals surface area (Å²) in [6.45, 7) is 0. The van der Waals surface area contributed by atoms with Crippen molar-refractivity contribution in [1.82, 2.24) is 0 Å². The minimum Gasteiger partial charge on any atom is -0.289 e. The van der Waals surface area contributed by atoms with Crippen LogP contribution in [0, 0.1) is 3.57 Å². The quantitative estimate of drug-likeness (QED) is 0.444. The highest BCUT2D eigenvalue weighted by atomic mass is 127.